The molecule has 2 saturated heterocycles. The molecule has 1 saturated carbocycles. The summed E-state index contributed by atoms with van der Waals surface area (Å²) >= 11 is 12.5. The van der Waals surface area contributed by atoms with E-state index in [-0.39, 0.29) is 41.0 Å². The first-order chi connectivity index (χ1) is 18.1. The Kier molecular flexibility index (Phi) is 7.44. The van der Waals surface area contributed by atoms with Gasteiger partial charge in [0.15, 0.2) is 0 Å². The van der Waals surface area contributed by atoms with Crippen molar-refractivity contribution in [2.75, 3.05) is 33.2 Å². The molecule has 0 aromatic heterocycles. The number of hydrogen-bond acceptors (Lipinski definition) is 3. The summed E-state index contributed by atoms with van der Waals surface area (Å²) in [5.74, 6) is -0.698. The van der Waals surface area contributed by atoms with Crippen LogP contribution in [0.15, 0.2) is 42.5 Å². The van der Waals surface area contributed by atoms with Gasteiger partial charge in [0.05, 0.1) is 16.1 Å². The Hall–Kier alpha value is -2.64. The number of likely N-dealkylation sites (N-methyl/N-ethyl adjacent to an activating group) is 1. The molecule has 2 aliphatic heterocycles. The van der Waals surface area contributed by atoms with Gasteiger partial charge in [-0.05, 0) is 67.6 Å². The fourth-order valence-electron chi connectivity index (χ4n) is 5.75. The highest BCUT2D eigenvalue weighted by Gasteiger charge is 2.48. The van der Waals surface area contributed by atoms with Crippen molar-refractivity contribution in [2.45, 2.75) is 44.6 Å². The number of halogens is 3. The zero-order valence-corrected chi connectivity index (χ0v) is 23.1. The van der Waals surface area contributed by atoms with E-state index in [1.807, 2.05) is 22.8 Å². The van der Waals surface area contributed by atoms with Crippen molar-refractivity contribution in [3.8, 4) is 0 Å². The molecule has 1 aliphatic carbocycles. The largest absolute Gasteiger partial charge is 0.342 e. The first-order valence-corrected chi connectivity index (χ1v) is 13.9. The molecule has 0 unspecified atom stereocenters. The summed E-state index contributed by atoms with van der Waals surface area (Å²) in [6.07, 6.45) is 3.17. The highest BCUT2D eigenvalue weighted by molar-refractivity contribution is 6.42. The molecule has 2 heterocycles. The molecule has 2 aromatic rings. The van der Waals surface area contributed by atoms with Gasteiger partial charge in [0.2, 0.25) is 11.8 Å². The number of hydrogen-bond donors (Lipinski definition) is 0. The molecule has 9 heteroatoms. The van der Waals surface area contributed by atoms with Gasteiger partial charge < -0.3 is 14.7 Å². The number of amides is 3. The van der Waals surface area contributed by atoms with Gasteiger partial charge in [-0.1, -0.05) is 36.2 Å². The second-order valence-electron chi connectivity index (χ2n) is 11.1. The topological polar surface area (TPSA) is 60.9 Å². The zero-order valence-electron chi connectivity index (χ0n) is 21.6. The standard InChI is InChI=1S/C29H32Cl2FN3O3/c1-29(11-12-29)28(38)34-13-9-19(10-14-34)27(37)35-16-22(20-5-8-23(30)24(31)15-20)25(17-35)33(2)26(36)18-3-6-21(32)7-4-18/h3-8,15,19,22,25H,9-14,16-17H2,1-2H3/t22-,25+/m1/s1. The maximum absolute atomic E-state index is 13.7. The number of carbonyl (C=O) groups excluding carboxylic acids is 3. The van der Waals surface area contributed by atoms with E-state index < -0.39 is 5.82 Å². The van der Waals surface area contributed by atoms with E-state index in [2.05, 4.69) is 0 Å². The number of carbonyl (C=O) groups is 3. The maximum Gasteiger partial charge on any atom is 0.253 e. The highest BCUT2D eigenvalue weighted by atomic mass is 35.5. The normalized spacial score (nSPS) is 22.9. The predicted octanol–water partition coefficient (Wildman–Crippen LogP) is 5.24. The van der Waals surface area contributed by atoms with Crippen molar-refractivity contribution in [2.24, 2.45) is 11.3 Å². The molecular weight excluding hydrogens is 528 g/mol. The summed E-state index contributed by atoms with van der Waals surface area (Å²) in [5, 5.41) is 0.858. The Labute approximate surface area is 232 Å². The van der Waals surface area contributed by atoms with E-state index in [1.165, 1.54) is 24.3 Å². The van der Waals surface area contributed by atoms with Crippen LogP contribution in [0, 0.1) is 17.2 Å². The van der Waals surface area contributed by atoms with E-state index in [4.69, 9.17) is 23.2 Å². The molecule has 2 aromatic carbocycles. The average Bonchev–Trinajstić information content (AvgIpc) is 3.52. The number of rotatable bonds is 5. The molecule has 3 amide bonds. The van der Waals surface area contributed by atoms with Crippen LogP contribution in [0.25, 0.3) is 0 Å². The second-order valence-corrected chi connectivity index (χ2v) is 12.0. The molecule has 3 fully saturated rings. The van der Waals surface area contributed by atoms with E-state index in [9.17, 15) is 18.8 Å². The van der Waals surface area contributed by atoms with E-state index in [1.54, 1.807) is 24.1 Å². The van der Waals surface area contributed by atoms with Crippen LogP contribution in [0.5, 0.6) is 0 Å². The van der Waals surface area contributed by atoms with E-state index in [0.29, 0.717) is 54.6 Å². The summed E-state index contributed by atoms with van der Waals surface area (Å²) in [6.45, 7) is 4.04. The van der Waals surface area contributed by atoms with Gasteiger partial charge in [0, 0.05) is 56.0 Å². The minimum absolute atomic E-state index is 0.0601. The molecule has 3 aliphatic rings. The van der Waals surface area contributed by atoms with Crippen molar-refractivity contribution in [3.05, 3.63) is 69.5 Å². The lowest BCUT2D eigenvalue weighted by Crippen LogP contribution is -2.46. The molecule has 0 radical (unpaired) electrons. The second kappa shape index (κ2) is 10.5. The van der Waals surface area contributed by atoms with Gasteiger partial charge in [-0.2, -0.15) is 0 Å². The molecule has 202 valence electrons. The van der Waals surface area contributed by atoms with Crippen molar-refractivity contribution in [1.29, 1.82) is 0 Å². The van der Waals surface area contributed by atoms with Crippen LogP contribution in [-0.2, 0) is 9.59 Å². The molecule has 5 rings (SSSR count). The fourth-order valence-corrected chi connectivity index (χ4v) is 6.05. The van der Waals surface area contributed by atoms with E-state index >= 15 is 0 Å². The fraction of sp³-hybridized carbons (Fsp3) is 0.483. The van der Waals surface area contributed by atoms with Crippen molar-refractivity contribution >= 4 is 40.9 Å². The lowest BCUT2D eigenvalue weighted by Gasteiger charge is -2.34. The minimum Gasteiger partial charge on any atom is -0.342 e. The van der Waals surface area contributed by atoms with Crippen molar-refractivity contribution in [3.63, 3.8) is 0 Å². The Morgan fingerprint density at radius 1 is 0.947 bits per heavy atom. The smallest absolute Gasteiger partial charge is 0.253 e. The molecule has 2 atom stereocenters. The summed E-state index contributed by atoms with van der Waals surface area (Å²) < 4.78 is 13.4. The van der Waals surface area contributed by atoms with Crippen LogP contribution in [0.4, 0.5) is 4.39 Å². The number of nitrogens with zero attached hydrogens (tertiary/aromatic N) is 3. The van der Waals surface area contributed by atoms with Crippen LogP contribution in [-0.4, -0.2) is 71.7 Å². The number of likely N-dealkylation sites (tertiary alicyclic amines) is 2. The highest BCUT2D eigenvalue weighted by Crippen LogP contribution is 2.47. The lowest BCUT2D eigenvalue weighted by molar-refractivity contribution is -0.142. The van der Waals surface area contributed by atoms with Crippen LogP contribution in [0.2, 0.25) is 10.0 Å². The van der Waals surface area contributed by atoms with Gasteiger partial charge >= 0.3 is 0 Å². The summed E-state index contributed by atoms with van der Waals surface area (Å²) in [7, 11) is 1.72. The third-order valence-corrected chi connectivity index (χ3v) is 9.27. The van der Waals surface area contributed by atoms with Crippen LogP contribution in [0.3, 0.4) is 0 Å². The van der Waals surface area contributed by atoms with Gasteiger partial charge in [-0.15, -0.1) is 0 Å². The molecule has 38 heavy (non-hydrogen) atoms. The summed E-state index contributed by atoms with van der Waals surface area (Å²) in [6, 6.07) is 10.6. The first-order valence-electron chi connectivity index (χ1n) is 13.1. The Morgan fingerprint density at radius 2 is 1.61 bits per heavy atom. The van der Waals surface area contributed by atoms with Gasteiger partial charge in [-0.25, -0.2) is 4.39 Å². The van der Waals surface area contributed by atoms with Crippen molar-refractivity contribution in [1.82, 2.24) is 14.7 Å². The third kappa shape index (κ3) is 5.28. The van der Waals surface area contributed by atoms with Crippen LogP contribution in [0.1, 0.15) is 54.4 Å². The Bertz CT molecular complexity index is 1240. The zero-order chi connectivity index (χ0) is 27.2. The Morgan fingerprint density at radius 3 is 2.21 bits per heavy atom. The number of benzene rings is 2. The summed E-state index contributed by atoms with van der Waals surface area (Å²) in [5.41, 5.74) is 1.08. The molecule has 0 spiro atoms. The quantitative estimate of drug-likeness (QED) is 0.503. The minimum atomic E-state index is -0.408. The monoisotopic (exact) mass is 559 g/mol. The van der Waals surface area contributed by atoms with Gasteiger partial charge in [0.25, 0.3) is 5.91 Å². The first kappa shape index (κ1) is 26.9. The van der Waals surface area contributed by atoms with E-state index in [0.717, 1.165) is 18.4 Å². The maximum atomic E-state index is 13.7. The molecule has 0 bridgehead atoms. The number of piperidine rings is 1. The van der Waals surface area contributed by atoms with Crippen molar-refractivity contribution < 1.29 is 18.8 Å². The molecular formula is C29H32Cl2FN3O3. The SMILES string of the molecule is CN(C(=O)c1ccc(F)cc1)[C@H]1CN(C(=O)C2CCN(C(=O)C3(C)CC3)CC2)C[C@@H]1c1ccc(Cl)c(Cl)c1. The molecule has 0 N–H and O–H groups in total. The predicted molar refractivity (Wildman–Crippen MR) is 145 cm³/mol. The third-order valence-electron chi connectivity index (χ3n) is 8.53. The average molecular weight is 560 g/mol. The lowest BCUT2D eigenvalue weighted by atomic mass is 9.93. The molecule has 6 nitrogen and oxygen atoms in total. The Balaban J connectivity index is 1.33. The van der Waals surface area contributed by atoms with Crippen LogP contribution >= 0.6 is 23.2 Å². The van der Waals surface area contributed by atoms with Gasteiger partial charge in [-0.3, -0.25) is 14.4 Å². The van der Waals surface area contributed by atoms with Crippen LogP contribution < -0.4 is 0 Å². The summed E-state index contributed by atoms with van der Waals surface area (Å²) in [4.78, 5) is 45.1. The van der Waals surface area contributed by atoms with Gasteiger partial charge in [0.1, 0.15) is 5.82 Å².